The highest BCUT2D eigenvalue weighted by Crippen LogP contribution is 2.28. The summed E-state index contributed by atoms with van der Waals surface area (Å²) in [6.07, 6.45) is 0.832. The van der Waals surface area contributed by atoms with E-state index in [0.717, 1.165) is 0 Å². The van der Waals surface area contributed by atoms with Gasteiger partial charge in [-0.05, 0) is 32.3 Å². The third kappa shape index (κ3) is 4.85. The summed E-state index contributed by atoms with van der Waals surface area (Å²) >= 11 is 0. The third-order valence-electron chi connectivity index (χ3n) is 2.58. The highest BCUT2D eigenvalue weighted by Gasteiger charge is 2.26. The van der Waals surface area contributed by atoms with Gasteiger partial charge >= 0.3 is 0 Å². The number of hydrogen-bond acceptors (Lipinski definition) is 3. The molecule has 0 spiro atoms. The molecule has 17 heavy (non-hydrogen) atoms. The molecule has 1 aromatic rings. The van der Waals surface area contributed by atoms with Crippen LogP contribution in [-0.4, -0.2) is 18.5 Å². The van der Waals surface area contributed by atoms with Crippen LogP contribution in [-0.2, 0) is 10.1 Å². The Bertz CT molecular complexity index is 448. The van der Waals surface area contributed by atoms with Crippen molar-refractivity contribution < 1.29 is 13.0 Å². The van der Waals surface area contributed by atoms with Crippen molar-refractivity contribution in [3.8, 4) is 0 Å². The standard InChI is InChI=1S/C12H19NO3S/c1-12(2,13)9-8-11(17(14,15)16)10-6-4-3-5-7-10/h3-7,11H,8-9,13H2,1-2H3,(H,14,15,16). The quantitative estimate of drug-likeness (QED) is 0.792. The summed E-state index contributed by atoms with van der Waals surface area (Å²) < 4.78 is 32.0. The molecule has 1 atom stereocenters. The van der Waals surface area contributed by atoms with Gasteiger partial charge in [0.2, 0.25) is 0 Å². The van der Waals surface area contributed by atoms with Gasteiger partial charge in [0.15, 0.2) is 0 Å². The van der Waals surface area contributed by atoms with Crippen LogP contribution in [0, 0.1) is 0 Å². The zero-order valence-electron chi connectivity index (χ0n) is 10.1. The Morgan fingerprint density at radius 2 is 1.82 bits per heavy atom. The molecule has 0 amide bonds. The molecular weight excluding hydrogens is 238 g/mol. The molecule has 0 aliphatic carbocycles. The van der Waals surface area contributed by atoms with Gasteiger partial charge in [-0.2, -0.15) is 8.42 Å². The fourth-order valence-electron chi connectivity index (χ4n) is 1.66. The van der Waals surface area contributed by atoms with E-state index in [1.807, 2.05) is 13.8 Å². The first-order valence-electron chi connectivity index (χ1n) is 5.50. The first-order chi connectivity index (χ1) is 7.70. The van der Waals surface area contributed by atoms with E-state index < -0.39 is 20.9 Å². The number of hydrogen-bond donors (Lipinski definition) is 2. The van der Waals surface area contributed by atoms with Gasteiger partial charge in [-0.3, -0.25) is 4.55 Å². The minimum atomic E-state index is -4.10. The summed E-state index contributed by atoms with van der Waals surface area (Å²) in [4.78, 5) is 0. The third-order valence-corrected chi connectivity index (χ3v) is 3.81. The molecule has 0 saturated carbocycles. The second-order valence-corrected chi connectivity index (χ2v) is 6.54. The Morgan fingerprint density at radius 3 is 2.24 bits per heavy atom. The summed E-state index contributed by atoms with van der Waals surface area (Å²) in [7, 11) is -4.10. The predicted molar refractivity (Wildman–Crippen MR) is 68.2 cm³/mol. The normalized spacial score (nSPS) is 14.6. The lowest BCUT2D eigenvalue weighted by atomic mass is 9.96. The monoisotopic (exact) mass is 257 g/mol. The van der Waals surface area contributed by atoms with Crippen molar-refractivity contribution in [2.75, 3.05) is 0 Å². The second-order valence-electron chi connectivity index (χ2n) is 4.94. The molecule has 4 nitrogen and oxygen atoms in total. The van der Waals surface area contributed by atoms with Crippen molar-refractivity contribution >= 4 is 10.1 Å². The zero-order chi connectivity index (χ0) is 13.1. The van der Waals surface area contributed by atoms with Crippen molar-refractivity contribution in [2.45, 2.75) is 37.5 Å². The lowest BCUT2D eigenvalue weighted by Crippen LogP contribution is -2.32. The molecule has 1 aromatic carbocycles. The molecule has 0 saturated heterocycles. The summed E-state index contributed by atoms with van der Waals surface area (Å²) in [6, 6.07) is 8.70. The number of benzene rings is 1. The van der Waals surface area contributed by atoms with Gasteiger partial charge in [0.05, 0.1) is 0 Å². The molecular formula is C12H19NO3S. The molecule has 3 N–H and O–H groups in total. The smallest absolute Gasteiger partial charge is 0.271 e. The molecule has 96 valence electrons. The minimum Gasteiger partial charge on any atom is -0.326 e. The van der Waals surface area contributed by atoms with Gasteiger partial charge in [-0.1, -0.05) is 30.3 Å². The molecule has 0 heterocycles. The van der Waals surface area contributed by atoms with Gasteiger partial charge in [0.25, 0.3) is 10.1 Å². The molecule has 1 unspecified atom stereocenters. The van der Waals surface area contributed by atoms with Crippen molar-refractivity contribution in [1.29, 1.82) is 0 Å². The molecule has 0 aliphatic rings. The van der Waals surface area contributed by atoms with E-state index in [0.29, 0.717) is 18.4 Å². The zero-order valence-corrected chi connectivity index (χ0v) is 10.9. The fraction of sp³-hybridized carbons (Fsp3) is 0.500. The Labute approximate surface area is 103 Å². The Morgan fingerprint density at radius 1 is 1.29 bits per heavy atom. The van der Waals surface area contributed by atoms with Gasteiger partial charge in [-0.15, -0.1) is 0 Å². The van der Waals surface area contributed by atoms with Gasteiger partial charge < -0.3 is 5.73 Å². The van der Waals surface area contributed by atoms with E-state index in [9.17, 15) is 13.0 Å². The average Bonchev–Trinajstić information content (AvgIpc) is 2.15. The maximum absolute atomic E-state index is 11.4. The number of nitrogens with two attached hydrogens (primary N) is 1. The van der Waals surface area contributed by atoms with Crippen LogP contribution >= 0.6 is 0 Å². The number of rotatable bonds is 5. The van der Waals surface area contributed by atoms with Crippen LogP contribution in [0.5, 0.6) is 0 Å². The SMILES string of the molecule is CC(C)(N)CCC(c1ccccc1)S(=O)(=O)O. The maximum atomic E-state index is 11.4. The van der Waals surface area contributed by atoms with Crippen LogP contribution in [0.2, 0.25) is 0 Å². The second kappa shape index (κ2) is 5.16. The predicted octanol–water partition coefficient (Wildman–Crippen LogP) is 2.13. The highest BCUT2D eigenvalue weighted by atomic mass is 32.2. The van der Waals surface area contributed by atoms with Crippen molar-refractivity contribution in [1.82, 2.24) is 0 Å². The van der Waals surface area contributed by atoms with Gasteiger partial charge in [0.1, 0.15) is 5.25 Å². The van der Waals surface area contributed by atoms with E-state index in [1.54, 1.807) is 30.3 Å². The Balaban J connectivity index is 2.92. The topological polar surface area (TPSA) is 80.4 Å². The van der Waals surface area contributed by atoms with Crippen molar-refractivity contribution in [2.24, 2.45) is 5.73 Å². The van der Waals surface area contributed by atoms with E-state index >= 15 is 0 Å². The minimum absolute atomic E-state index is 0.312. The molecule has 5 heteroatoms. The molecule has 0 radical (unpaired) electrons. The van der Waals surface area contributed by atoms with Crippen LogP contribution in [0.25, 0.3) is 0 Å². The molecule has 0 fully saturated rings. The van der Waals surface area contributed by atoms with Crippen molar-refractivity contribution in [3.63, 3.8) is 0 Å². The van der Waals surface area contributed by atoms with Crippen LogP contribution < -0.4 is 5.73 Å². The summed E-state index contributed by atoms with van der Waals surface area (Å²) in [5, 5.41) is -0.897. The average molecular weight is 257 g/mol. The lowest BCUT2D eigenvalue weighted by molar-refractivity contribution is 0.427. The lowest BCUT2D eigenvalue weighted by Gasteiger charge is -2.21. The molecule has 0 aliphatic heterocycles. The Kier molecular flexibility index (Phi) is 4.30. The van der Waals surface area contributed by atoms with E-state index in [1.165, 1.54) is 0 Å². The summed E-state index contributed by atoms with van der Waals surface area (Å²) in [5.74, 6) is 0. The van der Waals surface area contributed by atoms with Crippen LogP contribution in [0.15, 0.2) is 30.3 Å². The van der Waals surface area contributed by atoms with Crippen LogP contribution in [0.3, 0.4) is 0 Å². The maximum Gasteiger partial charge on any atom is 0.271 e. The van der Waals surface area contributed by atoms with Gasteiger partial charge in [-0.25, -0.2) is 0 Å². The summed E-state index contributed by atoms with van der Waals surface area (Å²) in [6.45, 7) is 3.66. The largest absolute Gasteiger partial charge is 0.326 e. The van der Waals surface area contributed by atoms with E-state index in [2.05, 4.69) is 0 Å². The first-order valence-corrected chi connectivity index (χ1v) is 7.00. The summed E-state index contributed by atoms with van der Waals surface area (Å²) in [5.41, 5.74) is 5.98. The fourth-order valence-corrected chi connectivity index (χ4v) is 2.58. The van der Waals surface area contributed by atoms with E-state index in [4.69, 9.17) is 5.73 Å². The van der Waals surface area contributed by atoms with Crippen LogP contribution in [0.1, 0.15) is 37.5 Å². The molecule has 0 bridgehead atoms. The van der Waals surface area contributed by atoms with Crippen LogP contribution in [0.4, 0.5) is 0 Å². The van der Waals surface area contributed by atoms with Gasteiger partial charge in [0, 0.05) is 5.54 Å². The molecule has 0 aromatic heterocycles. The Hall–Kier alpha value is -0.910. The van der Waals surface area contributed by atoms with E-state index in [-0.39, 0.29) is 0 Å². The van der Waals surface area contributed by atoms with Crippen molar-refractivity contribution in [3.05, 3.63) is 35.9 Å². The molecule has 1 rings (SSSR count). The highest BCUT2D eigenvalue weighted by molar-refractivity contribution is 7.86. The first kappa shape index (κ1) is 14.2.